The normalized spacial score (nSPS) is 11.2. The molecule has 1 heterocycles. The second kappa shape index (κ2) is 5.43. The summed E-state index contributed by atoms with van der Waals surface area (Å²) >= 11 is 7.97. The van der Waals surface area contributed by atoms with Crippen molar-refractivity contribution >= 4 is 44.9 Å². The number of nitrogens with zero attached hydrogens (tertiary/aromatic N) is 1. The van der Waals surface area contributed by atoms with Crippen molar-refractivity contribution in [2.24, 2.45) is 5.10 Å². The molecule has 3 aromatic rings. The predicted molar refractivity (Wildman–Crippen MR) is 84.5 cm³/mol. The second-order valence-electron chi connectivity index (χ2n) is 4.01. The lowest BCUT2D eigenvalue weighted by Crippen LogP contribution is -1.88. The number of hydrazone groups is 1. The molecule has 19 heavy (non-hydrogen) atoms. The molecule has 0 spiro atoms. The summed E-state index contributed by atoms with van der Waals surface area (Å²) in [6.07, 6.45) is 1.76. The number of rotatable bonds is 3. The van der Waals surface area contributed by atoms with Crippen LogP contribution >= 0.6 is 22.9 Å². The Morgan fingerprint density at radius 3 is 2.53 bits per heavy atom. The Balaban J connectivity index is 1.83. The van der Waals surface area contributed by atoms with Crippen molar-refractivity contribution in [3.63, 3.8) is 0 Å². The monoisotopic (exact) mass is 286 g/mol. The summed E-state index contributed by atoms with van der Waals surface area (Å²) in [4.78, 5) is 0.964. The Bertz CT molecular complexity index is 719. The van der Waals surface area contributed by atoms with E-state index in [-0.39, 0.29) is 0 Å². The van der Waals surface area contributed by atoms with Gasteiger partial charge < -0.3 is 0 Å². The highest BCUT2D eigenvalue weighted by molar-refractivity contribution is 7.21. The number of fused-ring (bicyclic) bond motifs is 1. The fraction of sp³-hybridized carbons (Fsp3) is 0. The number of nitrogens with one attached hydrogen (secondary N) is 1. The Morgan fingerprint density at radius 1 is 1.00 bits per heavy atom. The van der Waals surface area contributed by atoms with Crippen molar-refractivity contribution in [2.45, 2.75) is 0 Å². The lowest BCUT2D eigenvalue weighted by Gasteiger charge is -1.97. The van der Waals surface area contributed by atoms with Crippen LogP contribution in [0.25, 0.3) is 10.1 Å². The van der Waals surface area contributed by atoms with E-state index in [1.165, 1.54) is 4.70 Å². The first-order chi connectivity index (χ1) is 9.34. The molecule has 0 atom stereocenters. The first kappa shape index (κ1) is 12.2. The van der Waals surface area contributed by atoms with Gasteiger partial charge in [-0.15, -0.1) is 11.3 Å². The van der Waals surface area contributed by atoms with Gasteiger partial charge in [0.2, 0.25) is 0 Å². The number of benzene rings is 2. The predicted octanol–water partition coefficient (Wildman–Crippen LogP) is 5.00. The largest absolute Gasteiger partial charge is 0.278 e. The molecule has 0 radical (unpaired) electrons. The first-order valence-electron chi connectivity index (χ1n) is 5.86. The van der Waals surface area contributed by atoms with Crippen LogP contribution in [0.15, 0.2) is 59.7 Å². The molecule has 0 aliphatic rings. The van der Waals surface area contributed by atoms with Gasteiger partial charge in [0, 0.05) is 10.1 Å². The molecule has 0 aliphatic carbocycles. The van der Waals surface area contributed by atoms with Crippen LogP contribution in [0.3, 0.4) is 0 Å². The molecule has 2 aromatic carbocycles. The summed E-state index contributed by atoms with van der Waals surface area (Å²) in [5, 5.41) is 6.06. The molecule has 0 aliphatic heterocycles. The van der Waals surface area contributed by atoms with Crippen LogP contribution < -0.4 is 5.43 Å². The number of anilines is 1. The molecule has 0 unspecified atom stereocenters. The average Bonchev–Trinajstić information content (AvgIpc) is 2.78. The van der Waals surface area contributed by atoms with Gasteiger partial charge in [-0.25, -0.2) is 0 Å². The summed E-state index contributed by atoms with van der Waals surface area (Å²) in [5.74, 6) is 0. The number of hydrogen-bond donors (Lipinski definition) is 1. The van der Waals surface area contributed by atoms with Gasteiger partial charge in [0.1, 0.15) is 0 Å². The molecule has 0 saturated carbocycles. The van der Waals surface area contributed by atoms with E-state index in [1.807, 2.05) is 48.5 Å². The molecule has 1 aromatic heterocycles. The number of thiophene rings is 1. The third kappa shape index (κ3) is 2.62. The van der Waals surface area contributed by atoms with E-state index in [4.69, 9.17) is 11.6 Å². The number of para-hydroxylation sites is 1. The smallest absolute Gasteiger partial charge is 0.0681 e. The van der Waals surface area contributed by atoms with Gasteiger partial charge in [-0.1, -0.05) is 48.0 Å². The van der Waals surface area contributed by atoms with Gasteiger partial charge in [-0.3, -0.25) is 5.43 Å². The average molecular weight is 287 g/mol. The molecule has 2 nitrogen and oxygen atoms in total. The molecule has 0 bridgehead atoms. The maximum Gasteiger partial charge on any atom is 0.0681 e. The van der Waals surface area contributed by atoms with Crippen LogP contribution in [0.4, 0.5) is 5.69 Å². The molecule has 1 N–H and O–H groups in total. The number of halogens is 1. The van der Waals surface area contributed by atoms with Gasteiger partial charge in [-0.05, 0) is 18.2 Å². The van der Waals surface area contributed by atoms with Crippen LogP contribution in [0, 0.1) is 0 Å². The van der Waals surface area contributed by atoms with Gasteiger partial charge >= 0.3 is 0 Å². The minimum atomic E-state index is 0.763. The zero-order valence-electron chi connectivity index (χ0n) is 10.0. The topological polar surface area (TPSA) is 24.4 Å². The Kier molecular flexibility index (Phi) is 3.49. The van der Waals surface area contributed by atoms with Gasteiger partial charge in [0.25, 0.3) is 0 Å². The fourth-order valence-corrected chi connectivity index (χ4v) is 3.15. The molecular weight excluding hydrogens is 276 g/mol. The minimum Gasteiger partial charge on any atom is -0.278 e. The number of hydrogen-bond acceptors (Lipinski definition) is 3. The van der Waals surface area contributed by atoms with E-state index < -0.39 is 0 Å². The Morgan fingerprint density at radius 2 is 1.74 bits per heavy atom. The summed E-state index contributed by atoms with van der Waals surface area (Å²) in [5.41, 5.74) is 3.94. The fourth-order valence-electron chi connectivity index (χ4n) is 1.79. The summed E-state index contributed by atoms with van der Waals surface area (Å²) < 4.78 is 1.17. The lowest BCUT2D eigenvalue weighted by atomic mass is 10.2. The summed E-state index contributed by atoms with van der Waals surface area (Å²) in [7, 11) is 0. The van der Waals surface area contributed by atoms with E-state index >= 15 is 0 Å². The van der Waals surface area contributed by atoms with Gasteiger partial charge in [0.15, 0.2) is 0 Å². The van der Waals surface area contributed by atoms with Gasteiger partial charge in [0.05, 0.1) is 21.8 Å². The van der Waals surface area contributed by atoms with Crippen molar-refractivity contribution in [1.82, 2.24) is 0 Å². The highest BCUT2D eigenvalue weighted by Crippen LogP contribution is 2.33. The van der Waals surface area contributed by atoms with E-state index in [1.54, 1.807) is 17.6 Å². The van der Waals surface area contributed by atoms with E-state index in [2.05, 4.69) is 16.6 Å². The second-order valence-corrected chi connectivity index (χ2v) is 5.47. The zero-order chi connectivity index (χ0) is 13.1. The van der Waals surface area contributed by atoms with E-state index in [0.717, 1.165) is 21.0 Å². The van der Waals surface area contributed by atoms with Crippen molar-refractivity contribution in [1.29, 1.82) is 0 Å². The Hall–Kier alpha value is -1.84. The molecule has 4 heteroatoms. The summed E-state index contributed by atoms with van der Waals surface area (Å²) in [6, 6.07) is 17.9. The van der Waals surface area contributed by atoms with E-state index in [9.17, 15) is 0 Å². The zero-order valence-corrected chi connectivity index (χ0v) is 11.6. The molecule has 3 rings (SSSR count). The van der Waals surface area contributed by atoms with Crippen molar-refractivity contribution in [3.8, 4) is 0 Å². The van der Waals surface area contributed by atoms with Crippen LogP contribution in [-0.2, 0) is 0 Å². The van der Waals surface area contributed by atoms with Crippen LogP contribution in [-0.4, -0.2) is 6.21 Å². The first-order valence-corrected chi connectivity index (χ1v) is 7.05. The van der Waals surface area contributed by atoms with Crippen LogP contribution in [0.5, 0.6) is 0 Å². The molecule has 0 amide bonds. The third-order valence-electron chi connectivity index (χ3n) is 2.71. The SMILES string of the molecule is Clc1c(/C=N/Nc2ccccc2)sc2ccccc12. The van der Waals surface area contributed by atoms with Gasteiger partial charge in [-0.2, -0.15) is 5.10 Å². The highest BCUT2D eigenvalue weighted by atomic mass is 35.5. The molecule has 0 fully saturated rings. The van der Waals surface area contributed by atoms with Crippen molar-refractivity contribution in [3.05, 3.63) is 64.5 Å². The maximum absolute atomic E-state index is 6.33. The van der Waals surface area contributed by atoms with Crippen LogP contribution in [0.2, 0.25) is 5.02 Å². The third-order valence-corrected chi connectivity index (χ3v) is 4.33. The Labute approximate surface area is 120 Å². The standard InChI is InChI=1S/C15H11ClN2S/c16-15-12-8-4-5-9-13(12)19-14(15)10-17-18-11-6-2-1-3-7-11/h1-10,18H/b17-10+. The molecule has 94 valence electrons. The van der Waals surface area contributed by atoms with E-state index in [0.29, 0.717) is 0 Å². The molecular formula is C15H11ClN2S. The van der Waals surface area contributed by atoms with Crippen molar-refractivity contribution in [2.75, 3.05) is 5.43 Å². The lowest BCUT2D eigenvalue weighted by molar-refractivity contribution is 1.35. The summed E-state index contributed by atoms with van der Waals surface area (Å²) in [6.45, 7) is 0. The van der Waals surface area contributed by atoms with Crippen molar-refractivity contribution < 1.29 is 0 Å². The quantitative estimate of drug-likeness (QED) is 0.532. The highest BCUT2D eigenvalue weighted by Gasteiger charge is 2.07. The minimum absolute atomic E-state index is 0.763. The molecule has 0 saturated heterocycles. The maximum atomic E-state index is 6.33. The van der Waals surface area contributed by atoms with Crippen LogP contribution in [0.1, 0.15) is 4.88 Å².